The molecule has 0 saturated heterocycles. The highest BCUT2D eigenvalue weighted by molar-refractivity contribution is 6.17. The zero-order valence-corrected chi connectivity index (χ0v) is 9.35. The third-order valence-corrected chi connectivity index (χ3v) is 2.27. The predicted molar refractivity (Wildman–Crippen MR) is 62.0 cm³/mol. The molecule has 0 amide bonds. The zero-order valence-electron chi connectivity index (χ0n) is 8.59. The van der Waals surface area contributed by atoms with Crippen molar-refractivity contribution in [3.8, 4) is 0 Å². The minimum Gasteiger partial charge on any atom is -0.370 e. The molecule has 78 valence electrons. The van der Waals surface area contributed by atoms with E-state index in [-0.39, 0.29) is 0 Å². The van der Waals surface area contributed by atoms with E-state index < -0.39 is 0 Å². The van der Waals surface area contributed by atoms with Gasteiger partial charge in [-0.25, -0.2) is 4.98 Å². The average molecular weight is 213 g/mol. The van der Waals surface area contributed by atoms with Crippen LogP contribution in [0, 0.1) is 6.92 Å². The molecule has 0 fully saturated rings. The molecule has 0 aliphatic rings. The van der Waals surface area contributed by atoms with E-state index >= 15 is 0 Å². The topological polar surface area (TPSA) is 24.9 Å². The number of nitrogens with zero attached hydrogens (tertiary/aromatic N) is 1. The zero-order chi connectivity index (χ0) is 10.2. The number of halogens is 1. The number of hydrogen-bond donors (Lipinski definition) is 1. The van der Waals surface area contributed by atoms with Gasteiger partial charge in [-0.05, 0) is 31.9 Å². The molecule has 0 radical (unpaired) electrons. The van der Waals surface area contributed by atoms with Gasteiger partial charge < -0.3 is 5.32 Å². The van der Waals surface area contributed by atoms with Gasteiger partial charge in [-0.15, -0.1) is 11.6 Å². The number of nitrogens with one attached hydrogen (secondary N) is 1. The van der Waals surface area contributed by atoms with Crippen molar-refractivity contribution in [1.82, 2.24) is 4.98 Å². The number of unbranched alkanes of at least 4 members (excludes halogenated alkanes) is 2. The van der Waals surface area contributed by atoms with E-state index in [1.807, 2.05) is 25.1 Å². The molecule has 0 aliphatic carbocycles. The molecule has 0 spiro atoms. The van der Waals surface area contributed by atoms with Crippen LogP contribution in [0.25, 0.3) is 0 Å². The lowest BCUT2D eigenvalue weighted by Gasteiger charge is -2.05. The van der Waals surface area contributed by atoms with Crippen LogP contribution < -0.4 is 5.32 Å². The lowest BCUT2D eigenvalue weighted by Crippen LogP contribution is -2.03. The lowest BCUT2D eigenvalue weighted by molar-refractivity contribution is 0.746. The van der Waals surface area contributed by atoms with E-state index in [9.17, 15) is 0 Å². The molecule has 2 nitrogen and oxygen atoms in total. The summed E-state index contributed by atoms with van der Waals surface area (Å²) in [6, 6.07) is 6.01. The monoisotopic (exact) mass is 212 g/mol. The molecule has 0 atom stereocenters. The Balaban J connectivity index is 2.18. The van der Waals surface area contributed by atoms with Gasteiger partial charge in [0.15, 0.2) is 0 Å². The van der Waals surface area contributed by atoms with Gasteiger partial charge >= 0.3 is 0 Å². The molecule has 0 saturated carbocycles. The fourth-order valence-corrected chi connectivity index (χ4v) is 1.44. The van der Waals surface area contributed by atoms with E-state index in [0.717, 1.165) is 36.8 Å². The third-order valence-electron chi connectivity index (χ3n) is 2.00. The van der Waals surface area contributed by atoms with Gasteiger partial charge in [0.2, 0.25) is 0 Å². The first-order valence-corrected chi connectivity index (χ1v) is 5.60. The molecule has 1 aromatic heterocycles. The van der Waals surface area contributed by atoms with Crippen LogP contribution >= 0.6 is 11.6 Å². The van der Waals surface area contributed by atoms with Crippen molar-refractivity contribution in [2.75, 3.05) is 17.7 Å². The molecule has 0 bridgehead atoms. The summed E-state index contributed by atoms with van der Waals surface area (Å²) < 4.78 is 0. The normalized spacial score (nSPS) is 10.1. The van der Waals surface area contributed by atoms with Crippen molar-refractivity contribution < 1.29 is 0 Å². The van der Waals surface area contributed by atoms with E-state index in [1.54, 1.807) is 0 Å². The first kappa shape index (κ1) is 11.3. The second-order valence-electron chi connectivity index (χ2n) is 3.34. The summed E-state index contributed by atoms with van der Waals surface area (Å²) in [6.45, 7) is 2.98. The Morgan fingerprint density at radius 2 is 2.14 bits per heavy atom. The molecule has 1 rings (SSSR count). The summed E-state index contributed by atoms with van der Waals surface area (Å²) in [7, 11) is 0. The van der Waals surface area contributed by atoms with Crippen LogP contribution in [-0.2, 0) is 0 Å². The van der Waals surface area contributed by atoms with Crippen molar-refractivity contribution in [1.29, 1.82) is 0 Å². The lowest BCUT2D eigenvalue weighted by atomic mass is 10.2. The fourth-order valence-electron chi connectivity index (χ4n) is 1.25. The number of rotatable bonds is 6. The highest BCUT2D eigenvalue weighted by atomic mass is 35.5. The molecule has 0 aromatic carbocycles. The van der Waals surface area contributed by atoms with Crippen LogP contribution in [0.3, 0.4) is 0 Å². The van der Waals surface area contributed by atoms with E-state index in [1.165, 1.54) is 6.42 Å². The SMILES string of the molecule is Cc1cccc(NCCCCCCl)n1. The van der Waals surface area contributed by atoms with E-state index in [0.29, 0.717) is 0 Å². The number of alkyl halides is 1. The Morgan fingerprint density at radius 1 is 1.29 bits per heavy atom. The van der Waals surface area contributed by atoms with Gasteiger partial charge in [0.1, 0.15) is 5.82 Å². The first-order chi connectivity index (χ1) is 6.83. The highest BCUT2D eigenvalue weighted by Gasteiger charge is 1.93. The number of anilines is 1. The highest BCUT2D eigenvalue weighted by Crippen LogP contribution is 2.04. The summed E-state index contributed by atoms with van der Waals surface area (Å²) in [5.74, 6) is 1.73. The van der Waals surface area contributed by atoms with Crippen molar-refractivity contribution in [2.45, 2.75) is 26.2 Å². The largest absolute Gasteiger partial charge is 0.370 e. The smallest absolute Gasteiger partial charge is 0.126 e. The Bertz CT molecular complexity index is 263. The molecule has 0 aliphatic heterocycles. The molecule has 1 aromatic rings. The molecular formula is C11H17ClN2. The van der Waals surface area contributed by atoms with Crippen LogP contribution in [0.4, 0.5) is 5.82 Å². The Morgan fingerprint density at radius 3 is 2.86 bits per heavy atom. The molecule has 14 heavy (non-hydrogen) atoms. The van der Waals surface area contributed by atoms with Gasteiger partial charge in [0.25, 0.3) is 0 Å². The van der Waals surface area contributed by atoms with Crippen LogP contribution in [0.5, 0.6) is 0 Å². The van der Waals surface area contributed by atoms with Crippen LogP contribution in [0.2, 0.25) is 0 Å². The standard InChI is InChI=1S/C11H17ClN2/c1-10-6-5-7-11(14-10)13-9-4-2-3-8-12/h5-7H,2-4,8-9H2,1H3,(H,13,14). The Kier molecular flexibility index (Phi) is 5.38. The van der Waals surface area contributed by atoms with Gasteiger partial charge in [-0.3, -0.25) is 0 Å². The van der Waals surface area contributed by atoms with Crippen molar-refractivity contribution in [2.24, 2.45) is 0 Å². The number of hydrogen-bond acceptors (Lipinski definition) is 2. The number of aromatic nitrogens is 1. The van der Waals surface area contributed by atoms with Crippen LogP contribution in [-0.4, -0.2) is 17.4 Å². The minimum atomic E-state index is 0.767. The maximum absolute atomic E-state index is 5.59. The molecular weight excluding hydrogens is 196 g/mol. The quantitative estimate of drug-likeness (QED) is 0.579. The van der Waals surface area contributed by atoms with E-state index in [2.05, 4.69) is 10.3 Å². The van der Waals surface area contributed by atoms with Crippen LogP contribution in [0.1, 0.15) is 25.0 Å². The predicted octanol–water partition coefficient (Wildman–Crippen LogP) is 3.21. The molecule has 1 heterocycles. The van der Waals surface area contributed by atoms with Crippen molar-refractivity contribution >= 4 is 17.4 Å². The summed E-state index contributed by atoms with van der Waals surface area (Å²) in [4.78, 5) is 4.35. The summed E-state index contributed by atoms with van der Waals surface area (Å²) in [5.41, 5.74) is 1.05. The summed E-state index contributed by atoms with van der Waals surface area (Å²) >= 11 is 5.59. The van der Waals surface area contributed by atoms with Gasteiger partial charge in [-0.2, -0.15) is 0 Å². The van der Waals surface area contributed by atoms with Gasteiger partial charge in [0, 0.05) is 18.1 Å². The molecule has 3 heteroatoms. The third kappa shape index (κ3) is 4.47. The Hall–Kier alpha value is -0.760. The fraction of sp³-hybridized carbons (Fsp3) is 0.545. The van der Waals surface area contributed by atoms with E-state index in [4.69, 9.17) is 11.6 Å². The summed E-state index contributed by atoms with van der Waals surface area (Å²) in [6.07, 6.45) is 3.44. The van der Waals surface area contributed by atoms with Crippen molar-refractivity contribution in [3.63, 3.8) is 0 Å². The maximum atomic E-state index is 5.59. The molecule has 0 unspecified atom stereocenters. The molecule has 1 N–H and O–H groups in total. The summed E-state index contributed by atoms with van der Waals surface area (Å²) in [5, 5.41) is 3.29. The van der Waals surface area contributed by atoms with Gasteiger partial charge in [0.05, 0.1) is 0 Å². The van der Waals surface area contributed by atoms with Crippen molar-refractivity contribution in [3.05, 3.63) is 23.9 Å². The number of aryl methyl sites for hydroxylation is 1. The number of pyridine rings is 1. The minimum absolute atomic E-state index is 0.767. The van der Waals surface area contributed by atoms with Gasteiger partial charge in [-0.1, -0.05) is 12.5 Å². The second-order valence-corrected chi connectivity index (χ2v) is 3.72. The Labute approximate surface area is 90.7 Å². The average Bonchev–Trinajstić information content (AvgIpc) is 2.18. The second kappa shape index (κ2) is 6.66. The van der Waals surface area contributed by atoms with Crippen LogP contribution in [0.15, 0.2) is 18.2 Å². The maximum Gasteiger partial charge on any atom is 0.126 e. The first-order valence-electron chi connectivity index (χ1n) is 5.06.